The maximum absolute atomic E-state index is 12.7. The average Bonchev–Trinajstić information content (AvgIpc) is 2.64. The van der Waals surface area contributed by atoms with E-state index < -0.39 is 11.7 Å². The van der Waals surface area contributed by atoms with Crippen LogP contribution in [0, 0.1) is 0 Å². The van der Waals surface area contributed by atoms with Crippen LogP contribution in [0.1, 0.15) is 38.2 Å². The van der Waals surface area contributed by atoms with E-state index in [1.165, 1.54) is 25.4 Å². The van der Waals surface area contributed by atoms with Crippen LogP contribution in [0.25, 0.3) is 0 Å². The molecule has 0 unspecified atom stereocenters. The van der Waals surface area contributed by atoms with E-state index in [1.807, 2.05) is 0 Å². The molecule has 0 spiro atoms. The molecule has 7 nitrogen and oxygen atoms in total. The number of anilines is 3. The van der Waals surface area contributed by atoms with Crippen molar-refractivity contribution in [2.45, 2.75) is 38.8 Å². The summed E-state index contributed by atoms with van der Waals surface area (Å²) in [7, 11) is 0. The first kappa shape index (κ1) is 22.1. The highest BCUT2D eigenvalue weighted by molar-refractivity contribution is 5.90. The zero-order valence-corrected chi connectivity index (χ0v) is 15.8. The Morgan fingerprint density at radius 1 is 1.00 bits per heavy atom. The van der Waals surface area contributed by atoms with Crippen LogP contribution in [0.3, 0.4) is 0 Å². The van der Waals surface area contributed by atoms with Crippen molar-refractivity contribution in [1.82, 2.24) is 9.97 Å². The van der Waals surface area contributed by atoms with E-state index in [9.17, 15) is 22.8 Å². The number of benzene rings is 1. The van der Waals surface area contributed by atoms with Gasteiger partial charge in [-0.05, 0) is 31.0 Å². The molecule has 2 aromatic rings. The quantitative estimate of drug-likeness (QED) is 0.543. The Morgan fingerprint density at radius 3 is 2.48 bits per heavy atom. The highest BCUT2D eigenvalue weighted by atomic mass is 19.4. The molecule has 29 heavy (non-hydrogen) atoms. The maximum Gasteiger partial charge on any atom is 0.416 e. The van der Waals surface area contributed by atoms with Crippen LogP contribution in [-0.4, -0.2) is 28.3 Å². The van der Waals surface area contributed by atoms with Gasteiger partial charge in [-0.3, -0.25) is 9.59 Å². The molecule has 10 heteroatoms. The van der Waals surface area contributed by atoms with Crippen molar-refractivity contribution in [3.05, 3.63) is 42.2 Å². The van der Waals surface area contributed by atoms with Crippen molar-refractivity contribution in [2.24, 2.45) is 0 Å². The standard InChI is InChI=1S/C19H22F3N5O2/c1-13(28)26-17-11-16(24-12-25-17)23-9-4-2-3-8-18(29)27-15-7-5-6-14(10-15)19(20,21)22/h5-7,10-12H,2-4,8-9H2,1H3,(H,27,29)(H2,23,24,25,26,28). The molecule has 0 bridgehead atoms. The molecule has 156 valence electrons. The third kappa shape index (κ3) is 8.16. The monoisotopic (exact) mass is 409 g/mol. The van der Waals surface area contributed by atoms with Gasteiger partial charge in [0.15, 0.2) is 0 Å². The molecule has 0 radical (unpaired) electrons. The second kappa shape index (κ2) is 10.4. The minimum absolute atomic E-state index is 0.130. The molecule has 3 N–H and O–H groups in total. The van der Waals surface area contributed by atoms with Crippen LogP contribution >= 0.6 is 0 Å². The average molecular weight is 409 g/mol. The predicted molar refractivity (Wildman–Crippen MR) is 103 cm³/mol. The van der Waals surface area contributed by atoms with E-state index in [-0.39, 0.29) is 23.9 Å². The van der Waals surface area contributed by atoms with Crippen molar-refractivity contribution < 1.29 is 22.8 Å². The summed E-state index contributed by atoms with van der Waals surface area (Å²) in [5.41, 5.74) is -0.669. The Labute approximate surface area is 166 Å². The molecule has 0 fully saturated rings. The van der Waals surface area contributed by atoms with Gasteiger partial charge in [0.25, 0.3) is 0 Å². The number of halogens is 3. The number of amides is 2. The Hall–Kier alpha value is -3.17. The van der Waals surface area contributed by atoms with Gasteiger partial charge in [-0.2, -0.15) is 13.2 Å². The summed E-state index contributed by atoms with van der Waals surface area (Å²) >= 11 is 0. The molecular formula is C19H22F3N5O2. The molecule has 0 saturated heterocycles. The number of nitrogens with zero attached hydrogens (tertiary/aromatic N) is 2. The summed E-state index contributed by atoms with van der Waals surface area (Å²) in [5.74, 6) is 0.429. The van der Waals surface area contributed by atoms with Gasteiger partial charge < -0.3 is 16.0 Å². The van der Waals surface area contributed by atoms with Crippen LogP contribution in [0.2, 0.25) is 0 Å². The molecule has 0 saturated carbocycles. The Balaban J connectivity index is 1.65. The highest BCUT2D eigenvalue weighted by Gasteiger charge is 2.30. The molecule has 1 heterocycles. The second-order valence-corrected chi connectivity index (χ2v) is 6.33. The predicted octanol–water partition coefficient (Wildman–Crippen LogP) is 4.06. The summed E-state index contributed by atoms with van der Waals surface area (Å²) in [6.45, 7) is 2.00. The lowest BCUT2D eigenvalue weighted by Crippen LogP contribution is -2.13. The topological polar surface area (TPSA) is 96.0 Å². The smallest absolute Gasteiger partial charge is 0.370 e. The highest BCUT2D eigenvalue weighted by Crippen LogP contribution is 2.30. The van der Waals surface area contributed by atoms with Crippen molar-refractivity contribution in [3.8, 4) is 0 Å². The fourth-order valence-electron chi connectivity index (χ4n) is 2.50. The number of hydrogen-bond acceptors (Lipinski definition) is 5. The number of aromatic nitrogens is 2. The summed E-state index contributed by atoms with van der Waals surface area (Å²) < 4.78 is 38.0. The third-order valence-electron chi connectivity index (χ3n) is 3.83. The summed E-state index contributed by atoms with van der Waals surface area (Å²) in [6, 6.07) is 6.17. The van der Waals surface area contributed by atoms with E-state index in [0.29, 0.717) is 24.6 Å². The molecule has 2 amide bonds. The fraction of sp³-hybridized carbons (Fsp3) is 0.368. The Morgan fingerprint density at radius 2 is 1.76 bits per heavy atom. The molecule has 2 rings (SSSR count). The first-order chi connectivity index (χ1) is 13.7. The molecule has 1 aromatic carbocycles. The molecule has 0 atom stereocenters. The summed E-state index contributed by atoms with van der Waals surface area (Å²) in [6.07, 6.45) is -0.751. The van der Waals surface area contributed by atoms with Crippen LogP contribution in [0.15, 0.2) is 36.7 Å². The largest absolute Gasteiger partial charge is 0.416 e. The lowest BCUT2D eigenvalue weighted by Gasteiger charge is -2.10. The first-order valence-corrected chi connectivity index (χ1v) is 9.04. The van der Waals surface area contributed by atoms with E-state index in [0.717, 1.165) is 25.0 Å². The normalized spacial score (nSPS) is 11.0. The van der Waals surface area contributed by atoms with Crippen molar-refractivity contribution in [1.29, 1.82) is 0 Å². The van der Waals surface area contributed by atoms with Crippen LogP contribution in [-0.2, 0) is 15.8 Å². The second-order valence-electron chi connectivity index (χ2n) is 6.33. The zero-order chi connectivity index (χ0) is 21.3. The summed E-state index contributed by atoms with van der Waals surface area (Å²) in [5, 5.41) is 8.15. The van der Waals surface area contributed by atoms with E-state index in [2.05, 4.69) is 25.9 Å². The van der Waals surface area contributed by atoms with Crippen LogP contribution in [0.4, 0.5) is 30.5 Å². The van der Waals surface area contributed by atoms with Gasteiger partial charge in [-0.25, -0.2) is 9.97 Å². The number of alkyl halides is 3. The number of nitrogens with one attached hydrogen (secondary N) is 3. The van der Waals surface area contributed by atoms with Gasteiger partial charge in [-0.15, -0.1) is 0 Å². The van der Waals surface area contributed by atoms with Crippen LogP contribution < -0.4 is 16.0 Å². The van der Waals surface area contributed by atoms with Gasteiger partial charge in [0.1, 0.15) is 18.0 Å². The Bertz CT molecular complexity index is 843. The SMILES string of the molecule is CC(=O)Nc1cc(NCCCCCC(=O)Nc2cccc(C(F)(F)F)c2)ncn1. The maximum atomic E-state index is 12.7. The molecule has 0 aliphatic heterocycles. The van der Waals surface area contributed by atoms with Gasteiger partial charge in [0, 0.05) is 31.6 Å². The van der Waals surface area contributed by atoms with Crippen molar-refractivity contribution in [3.63, 3.8) is 0 Å². The third-order valence-corrected chi connectivity index (χ3v) is 3.83. The zero-order valence-electron chi connectivity index (χ0n) is 15.8. The number of unbranched alkanes of at least 4 members (excludes halogenated alkanes) is 2. The molecule has 0 aliphatic carbocycles. The Kier molecular flexibility index (Phi) is 7.93. The number of hydrogen-bond donors (Lipinski definition) is 3. The van der Waals surface area contributed by atoms with Gasteiger partial charge in [0.2, 0.25) is 11.8 Å². The van der Waals surface area contributed by atoms with Gasteiger partial charge >= 0.3 is 6.18 Å². The lowest BCUT2D eigenvalue weighted by atomic mass is 10.1. The summed E-state index contributed by atoms with van der Waals surface area (Å²) in [4.78, 5) is 30.9. The molecular weight excluding hydrogens is 387 g/mol. The first-order valence-electron chi connectivity index (χ1n) is 9.04. The van der Waals surface area contributed by atoms with E-state index in [1.54, 1.807) is 6.07 Å². The van der Waals surface area contributed by atoms with E-state index in [4.69, 9.17) is 0 Å². The van der Waals surface area contributed by atoms with Gasteiger partial charge in [-0.1, -0.05) is 12.5 Å². The van der Waals surface area contributed by atoms with Crippen LogP contribution in [0.5, 0.6) is 0 Å². The van der Waals surface area contributed by atoms with Crippen molar-refractivity contribution in [2.75, 3.05) is 22.5 Å². The molecule has 0 aliphatic rings. The fourth-order valence-corrected chi connectivity index (χ4v) is 2.50. The number of carbonyl (C=O) groups excluding carboxylic acids is 2. The minimum atomic E-state index is -4.44. The minimum Gasteiger partial charge on any atom is -0.370 e. The van der Waals surface area contributed by atoms with Gasteiger partial charge in [0.05, 0.1) is 5.56 Å². The lowest BCUT2D eigenvalue weighted by molar-refractivity contribution is -0.137. The van der Waals surface area contributed by atoms with Crippen molar-refractivity contribution >= 4 is 29.1 Å². The van der Waals surface area contributed by atoms with E-state index >= 15 is 0 Å². The number of carbonyl (C=O) groups is 2. The molecule has 1 aromatic heterocycles. The number of rotatable bonds is 9.